The predicted molar refractivity (Wildman–Crippen MR) is 173 cm³/mol. The highest BCUT2D eigenvalue weighted by molar-refractivity contribution is 5.83. The number of nitrogens with two attached hydrogens (primary N) is 3. The highest BCUT2D eigenvalue weighted by Gasteiger charge is 2.22. The molecule has 0 radical (unpaired) electrons. The van der Waals surface area contributed by atoms with Gasteiger partial charge in [0, 0.05) is 19.9 Å². The number of guanidine groups is 1. The summed E-state index contributed by atoms with van der Waals surface area (Å²) in [5, 5.41) is 2.68. The van der Waals surface area contributed by atoms with Crippen LogP contribution in [0.1, 0.15) is 122 Å². The minimum atomic E-state index is -0.799. The summed E-state index contributed by atoms with van der Waals surface area (Å²) in [6, 6.07) is 5.14. The number of carbonyl (C=O) groups is 3. The third kappa shape index (κ3) is 20.4. The molecule has 244 valence electrons. The second-order valence-corrected chi connectivity index (χ2v) is 11.3. The van der Waals surface area contributed by atoms with E-state index in [2.05, 4.69) is 17.2 Å². The molecular formula is C33H57N5O5. The first-order valence-electron chi connectivity index (χ1n) is 16.3. The Balaban J connectivity index is 2.29. The van der Waals surface area contributed by atoms with Gasteiger partial charge in [-0.25, -0.2) is 9.59 Å². The number of esters is 2. The average molecular weight is 604 g/mol. The number of nitrogens with zero attached hydrogens (tertiary/aromatic N) is 1. The van der Waals surface area contributed by atoms with Crippen molar-refractivity contribution in [1.29, 1.82) is 0 Å². The van der Waals surface area contributed by atoms with Gasteiger partial charge < -0.3 is 32.0 Å². The fourth-order valence-electron chi connectivity index (χ4n) is 4.77. The van der Waals surface area contributed by atoms with Crippen molar-refractivity contribution in [1.82, 2.24) is 5.32 Å². The lowest BCUT2D eigenvalue weighted by molar-refractivity contribution is -0.147. The Morgan fingerprint density at radius 2 is 1.33 bits per heavy atom. The Bertz CT molecular complexity index is 934. The largest absolute Gasteiger partial charge is 0.464 e. The topological polar surface area (TPSA) is 172 Å². The van der Waals surface area contributed by atoms with Crippen molar-refractivity contribution in [2.75, 3.05) is 13.2 Å². The van der Waals surface area contributed by atoms with E-state index in [0.29, 0.717) is 31.7 Å². The van der Waals surface area contributed by atoms with Crippen LogP contribution in [0.25, 0.3) is 0 Å². The second-order valence-electron chi connectivity index (χ2n) is 11.3. The molecule has 0 bridgehead atoms. The monoisotopic (exact) mass is 603 g/mol. The van der Waals surface area contributed by atoms with Crippen LogP contribution in [0.4, 0.5) is 0 Å². The highest BCUT2D eigenvalue weighted by Crippen LogP contribution is 2.16. The maximum atomic E-state index is 12.7. The first-order chi connectivity index (χ1) is 20.7. The van der Waals surface area contributed by atoms with Crippen LogP contribution in [0.2, 0.25) is 0 Å². The van der Waals surface area contributed by atoms with Crippen LogP contribution in [-0.4, -0.2) is 49.0 Å². The molecule has 0 fully saturated rings. The molecule has 0 spiro atoms. The van der Waals surface area contributed by atoms with Gasteiger partial charge in [-0.15, -0.1) is 0 Å². The summed E-state index contributed by atoms with van der Waals surface area (Å²) in [6.45, 7) is 4.35. The van der Waals surface area contributed by atoms with E-state index in [9.17, 15) is 14.4 Å². The molecule has 0 unspecified atom stereocenters. The Labute approximate surface area is 258 Å². The molecule has 2 atom stereocenters. The van der Waals surface area contributed by atoms with Crippen molar-refractivity contribution in [3.8, 4) is 5.75 Å². The van der Waals surface area contributed by atoms with Gasteiger partial charge in [-0.05, 0) is 37.0 Å². The maximum Gasteiger partial charge on any atom is 0.328 e. The number of amides is 1. The molecule has 7 N–H and O–H groups in total. The highest BCUT2D eigenvalue weighted by atomic mass is 16.5. The summed E-state index contributed by atoms with van der Waals surface area (Å²) < 4.78 is 10.8. The second kappa shape index (κ2) is 24.3. The van der Waals surface area contributed by atoms with Crippen LogP contribution in [0.5, 0.6) is 5.75 Å². The van der Waals surface area contributed by atoms with Crippen LogP contribution in [0.15, 0.2) is 29.3 Å². The molecule has 1 aromatic carbocycles. The smallest absolute Gasteiger partial charge is 0.328 e. The molecule has 0 aliphatic heterocycles. The Morgan fingerprint density at radius 3 is 1.84 bits per heavy atom. The normalized spacial score (nSPS) is 12.3. The van der Waals surface area contributed by atoms with Crippen molar-refractivity contribution in [3.05, 3.63) is 29.8 Å². The molecule has 0 aliphatic rings. The third-order valence-electron chi connectivity index (χ3n) is 7.26. The van der Waals surface area contributed by atoms with E-state index in [1.165, 1.54) is 77.6 Å². The summed E-state index contributed by atoms with van der Waals surface area (Å²) in [6.07, 6.45) is 18.8. The Hall–Kier alpha value is -3.14. The summed E-state index contributed by atoms with van der Waals surface area (Å²) >= 11 is 0. The molecule has 10 nitrogen and oxygen atoms in total. The molecule has 0 saturated carbocycles. The molecule has 10 heteroatoms. The van der Waals surface area contributed by atoms with E-state index in [1.807, 2.05) is 0 Å². The fourth-order valence-corrected chi connectivity index (χ4v) is 4.77. The summed E-state index contributed by atoms with van der Waals surface area (Å²) in [7, 11) is 0. The lowest BCUT2D eigenvalue weighted by Gasteiger charge is -2.17. The Morgan fingerprint density at radius 1 is 0.791 bits per heavy atom. The third-order valence-corrected chi connectivity index (χ3v) is 7.26. The number of rotatable bonds is 25. The van der Waals surface area contributed by atoms with Gasteiger partial charge in [0.15, 0.2) is 5.96 Å². The molecule has 0 aliphatic carbocycles. The Kier molecular flexibility index (Phi) is 21.4. The first kappa shape index (κ1) is 37.9. The number of hydrogen-bond donors (Lipinski definition) is 4. The average Bonchev–Trinajstić information content (AvgIpc) is 2.97. The minimum absolute atomic E-state index is 0.00438. The number of nitrogens with one attached hydrogen (secondary N) is 1. The number of carbonyl (C=O) groups excluding carboxylic acids is 3. The van der Waals surface area contributed by atoms with Crippen LogP contribution in [0.3, 0.4) is 0 Å². The molecule has 1 aromatic rings. The van der Waals surface area contributed by atoms with Crippen molar-refractivity contribution in [2.24, 2.45) is 22.2 Å². The minimum Gasteiger partial charge on any atom is -0.464 e. The van der Waals surface area contributed by atoms with Crippen molar-refractivity contribution in [3.63, 3.8) is 0 Å². The van der Waals surface area contributed by atoms with E-state index >= 15 is 0 Å². The zero-order valence-electron chi connectivity index (χ0n) is 26.6. The van der Waals surface area contributed by atoms with E-state index in [1.54, 1.807) is 24.3 Å². The van der Waals surface area contributed by atoms with Gasteiger partial charge in [-0.3, -0.25) is 9.79 Å². The van der Waals surface area contributed by atoms with Crippen LogP contribution in [0, 0.1) is 0 Å². The standard InChI is InChI=1S/C33H57N5O5/c1-3-4-5-6-7-8-9-10-11-12-13-14-15-16-24-42-32(41)30(38-26(2)39)25-27-19-21-28(22-20-27)43-31(40)29(34)18-17-23-37-33(35)36/h19-22,29-30H,3-18,23-25,34H2,1-2H3,(H,38,39)(H4,35,36,37)/t29-,30-/m0/s1. The molecule has 1 rings (SSSR count). The van der Waals surface area contributed by atoms with Gasteiger partial charge in [0.2, 0.25) is 5.91 Å². The molecule has 0 aromatic heterocycles. The van der Waals surface area contributed by atoms with Gasteiger partial charge >= 0.3 is 11.9 Å². The molecule has 43 heavy (non-hydrogen) atoms. The van der Waals surface area contributed by atoms with E-state index in [-0.39, 0.29) is 18.3 Å². The molecule has 0 saturated heterocycles. The van der Waals surface area contributed by atoms with Gasteiger partial charge in [0.25, 0.3) is 0 Å². The molecule has 0 heterocycles. The zero-order valence-corrected chi connectivity index (χ0v) is 26.6. The fraction of sp³-hybridized carbons (Fsp3) is 0.697. The number of hydrogen-bond acceptors (Lipinski definition) is 7. The van der Waals surface area contributed by atoms with Gasteiger partial charge in [-0.1, -0.05) is 103 Å². The summed E-state index contributed by atoms with van der Waals surface area (Å²) in [5.41, 5.74) is 17.2. The van der Waals surface area contributed by atoms with E-state index in [4.69, 9.17) is 26.7 Å². The van der Waals surface area contributed by atoms with E-state index in [0.717, 1.165) is 24.8 Å². The van der Waals surface area contributed by atoms with Crippen molar-refractivity contribution in [2.45, 2.75) is 135 Å². The number of aliphatic imine (C=N–C) groups is 1. The molecule has 1 amide bonds. The number of benzene rings is 1. The van der Waals surface area contributed by atoms with E-state index < -0.39 is 24.0 Å². The molecular weight excluding hydrogens is 546 g/mol. The van der Waals surface area contributed by atoms with Gasteiger partial charge in [-0.2, -0.15) is 0 Å². The van der Waals surface area contributed by atoms with Gasteiger partial charge in [0.1, 0.15) is 17.8 Å². The number of unbranched alkanes of at least 4 members (excludes halogenated alkanes) is 13. The van der Waals surface area contributed by atoms with Crippen molar-refractivity contribution < 1.29 is 23.9 Å². The lowest BCUT2D eigenvalue weighted by atomic mass is 10.0. The number of ether oxygens (including phenoxy) is 2. The zero-order chi connectivity index (χ0) is 31.7. The van der Waals surface area contributed by atoms with Crippen LogP contribution < -0.4 is 27.3 Å². The SMILES string of the molecule is CCCCCCCCCCCCCCCCOC(=O)[C@H](Cc1ccc(OC(=O)[C@@H](N)CCCN=C(N)N)cc1)NC(C)=O. The van der Waals surface area contributed by atoms with Crippen LogP contribution in [-0.2, 0) is 25.5 Å². The predicted octanol–water partition coefficient (Wildman–Crippen LogP) is 5.04. The van der Waals surface area contributed by atoms with Crippen LogP contribution >= 0.6 is 0 Å². The summed E-state index contributed by atoms with van der Waals surface area (Å²) in [4.78, 5) is 40.5. The summed E-state index contributed by atoms with van der Waals surface area (Å²) in [5.74, 6) is -0.981. The quantitative estimate of drug-likeness (QED) is 0.0395. The van der Waals surface area contributed by atoms with Gasteiger partial charge in [0.05, 0.1) is 6.61 Å². The maximum absolute atomic E-state index is 12.7. The lowest BCUT2D eigenvalue weighted by Crippen LogP contribution is -2.42. The van der Waals surface area contributed by atoms with Crippen molar-refractivity contribution >= 4 is 23.8 Å². The first-order valence-corrected chi connectivity index (χ1v) is 16.3.